The molecule has 0 radical (unpaired) electrons. The maximum atomic E-state index is 12.7. The fourth-order valence-electron chi connectivity index (χ4n) is 4.48. The van der Waals surface area contributed by atoms with E-state index in [1.54, 1.807) is 6.20 Å². The summed E-state index contributed by atoms with van der Waals surface area (Å²) in [6.45, 7) is 8.01. The number of hydrogen-bond acceptors (Lipinski definition) is 4. The summed E-state index contributed by atoms with van der Waals surface area (Å²) in [6.07, 6.45) is 6.02. The van der Waals surface area contributed by atoms with Crippen molar-refractivity contribution in [3.63, 3.8) is 0 Å². The fourth-order valence-corrected chi connectivity index (χ4v) is 4.48. The molecule has 1 aromatic heterocycles. The van der Waals surface area contributed by atoms with Crippen LogP contribution in [0.1, 0.15) is 25.3 Å². The van der Waals surface area contributed by atoms with Gasteiger partial charge in [0.2, 0.25) is 5.91 Å². The number of aliphatic imine (C=N–C) groups is 1. The third kappa shape index (κ3) is 4.90. The number of guanidine groups is 1. The second-order valence-corrected chi connectivity index (χ2v) is 8.21. The van der Waals surface area contributed by atoms with Crippen LogP contribution in [-0.2, 0) is 11.3 Å². The molecular weight excluding hydrogens is 390 g/mol. The molecule has 2 aromatic rings. The molecule has 0 saturated carbocycles. The van der Waals surface area contributed by atoms with E-state index in [4.69, 9.17) is 0 Å². The molecule has 2 fully saturated rings. The highest BCUT2D eigenvalue weighted by Gasteiger charge is 2.30. The third-order valence-corrected chi connectivity index (χ3v) is 6.33. The number of aromatic nitrogens is 2. The Morgan fingerprint density at radius 3 is 2.48 bits per heavy atom. The topological polar surface area (TPSA) is 69.0 Å². The molecule has 0 aliphatic carbocycles. The van der Waals surface area contributed by atoms with Gasteiger partial charge in [-0.05, 0) is 37.5 Å². The van der Waals surface area contributed by atoms with Gasteiger partial charge < -0.3 is 15.1 Å². The minimum absolute atomic E-state index is 0.0452. The van der Waals surface area contributed by atoms with Crippen molar-refractivity contribution in [1.29, 1.82) is 0 Å². The van der Waals surface area contributed by atoms with Crippen LogP contribution < -0.4 is 5.32 Å². The van der Waals surface area contributed by atoms with Crippen LogP contribution in [0, 0.1) is 0 Å². The number of likely N-dealkylation sites (tertiary alicyclic amines) is 1. The van der Waals surface area contributed by atoms with E-state index in [9.17, 15) is 4.79 Å². The van der Waals surface area contributed by atoms with E-state index in [0.717, 1.165) is 69.3 Å². The molecule has 1 amide bonds. The lowest BCUT2D eigenvalue weighted by molar-refractivity contribution is -0.135. The molecule has 1 aromatic carbocycles. The second kappa shape index (κ2) is 9.96. The van der Waals surface area contributed by atoms with Crippen LogP contribution >= 0.6 is 0 Å². The predicted octanol–water partition coefficient (Wildman–Crippen LogP) is 1.58. The summed E-state index contributed by atoms with van der Waals surface area (Å²) in [7, 11) is 1.83. The van der Waals surface area contributed by atoms with E-state index in [1.807, 2.05) is 41.0 Å². The van der Waals surface area contributed by atoms with Crippen molar-refractivity contribution in [2.24, 2.45) is 4.99 Å². The average Bonchev–Trinajstić information content (AvgIpc) is 3.54. The smallest absolute Gasteiger partial charge is 0.239 e. The van der Waals surface area contributed by atoms with Gasteiger partial charge in [-0.15, -0.1) is 0 Å². The zero-order chi connectivity index (χ0) is 21.6. The van der Waals surface area contributed by atoms with Gasteiger partial charge in [0, 0.05) is 65.3 Å². The standard InChI is InChI=1S/C23H33N7O/c1-19(22(31)28-11-5-6-12-28)27-14-16-29(17-15-27)23(24-2)25-18-20-8-3-4-9-21(20)30-13-7-10-26-30/h3-4,7-10,13,19H,5-6,11-12,14-18H2,1-2H3,(H,24,25). The Labute approximate surface area is 184 Å². The maximum Gasteiger partial charge on any atom is 0.239 e. The van der Waals surface area contributed by atoms with Crippen molar-refractivity contribution in [3.8, 4) is 5.69 Å². The number of nitrogens with one attached hydrogen (secondary N) is 1. The molecule has 0 bridgehead atoms. The van der Waals surface area contributed by atoms with Gasteiger partial charge in [0.05, 0.1) is 11.7 Å². The summed E-state index contributed by atoms with van der Waals surface area (Å²) >= 11 is 0. The normalized spacial score (nSPS) is 19.0. The lowest BCUT2D eigenvalue weighted by Crippen LogP contribution is -2.57. The first-order valence-corrected chi connectivity index (χ1v) is 11.2. The second-order valence-electron chi connectivity index (χ2n) is 8.21. The highest BCUT2D eigenvalue weighted by molar-refractivity contribution is 5.82. The van der Waals surface area contributed by atoms with E-state index in [2.05, 4.69) is 44.3 Å². The molecule has 2 aliphatic rings. The van der Waals surface area contributed by atoms with Crippen LogP contribution in [-0.4, -0.2) is 88.7 Å². The largest absolute Gasteiger partial charge is 0.352 e. The molecule has 2 aliphatic heterocycles. The first-order valence-electron chi connectivity index (χ1n) is 11.2. The maximum absolute atomic E-state index is 12.7. The quantitative estimate of drug-likeness (QED) is 0.584. The zero-order valence-corrected chi connectivity index (χ0v) is 18.6. The van der Waals surface area contributed by atoms with Crippen LogP contribution in [0.15, 0.2) is 47.7 Å². The van der Waals surface area contributed by atoms with Crippen molar-refractivity contribution < 1.29 is 4.79 Å². The molecular formula is C23H33N7O. The SMILES string of the molecule is CN=C(NCc1ccccc1-n1cccn1)N1CCN(C(C)C(=O)N2CCCC2)CC1. The van der Waals surface area contributed by atoms with Crippen LogP contribution in [0.5, 0.6) is 0 Å². The Hall–Kier alpha value is -2.87. The van der Waals surface area contributed by atoms with Gasteiger partial charge in [0.1, 0.15) is 0 Å². The number of nitrogens with zero attached hydrogens (tertiary/aromatic N) is 6. The monoisotopic (exact) mass is 423 g/mol. The number of amides is 1. The van der Waals surface area contributed by atoms with Gasteiger partial charge in [0.25, 0.3) is 0 Å². The van der Waals surface area contributed by atoms with Gasteiger partial charge in [0.15, 0.2) is 5.96 Å². The number of hydrogen-bond donors (Lipinski definition) is 1. The Morgan fingerprint density at radius 1 is 1.06 bits per heavy atom. The number of carbonyl (C=O) groups excluding carboxylic acids is 1. The van der Waals surface area contributed by atoms with Crippen LogP contribution in [0.4, 0.5) is 0 Å². The molecule has 8 heteroatoms. The van der Waals surface area contributed by atoms with Gasteiger partial charge in [-0.2, -0.15) is 5.10 Å². The predicted molar refractivity (Wildman–Crippen MR) is 122 cm³/mol. The summed E-state index contributed by atoms with van der Waals surface area (Å²) in [5.41, 5.74) is 2.23. The van der Waals surface area contributed by atoms with E-state index < -0.39 is 0 Å². The molecule has 1 atom stereocenters. The van der Waals surface area contributed by atoms with Gasteiger partial charge in [-0.25, -0.2) is 4.68 Å². The average molecular weight is 424 g/mol. The van der Waals surface area contributed by atoms with Crippen molar-refractivity contribution in [1.82, 2.24) is 29.8 Å². The van der Waals surface area contributed by atoms with Gasteiger partial charge in [-0.1, -0.05) is 18.2 Å². The van der Waals surface area contributed by atoms with Crippen LogP contribution in [0.3, 0.4) is 0 Å². The molecule has 4 rings (SSSR count). The molecule has 2 saturated heterocycles. The number of rotatable bonds is 5. The Balaban J connectivity index is 1.32. The van der Waals surface area contributed by atoms with E-state index in [1.165, 1.54) is 0 Å². The number of piperazine rings is 1. The number of carbonyl (C=O) groups is 1. The van der Waals surface area contributed by atoms with E-state index in [-0.39, 0.29) is 11.9 Å². The Morgan fingerprint density at radius 2 is 1.81 bits per heavy atom. The zero-order valence-electron chi connectivity index (χ0n) is 18.6. The fraction of sp³-hybridized carbons (Fsp3) is 0.522. The Kier molecular flexibility index (Phi) is 6.86. The number of para-hydroxylation sites is 1. The van der Waals surface area contributed by atoms with Crippen molar-refractivity contribution >= 4 is 11.9 Å². The molecule has 0 spiro atoms. The molecule has 166 valence electrons. The van der Waals surface area contributed by atoms with Crippen LogP contribution in [0.2, 0.25) is 0 Å². The molecule has 3 heterocycles. The number of benzene rings is 1. The lowest BCUT2D eigenvalue weighted by Gasteiger charge is -2.39. The summed E-state index contributed by atoms with van der Waals surface area (Å²) in [5, 5.41) is 7.87. The summed E-state index contributed by atoms with van der Waals surface area (Å²) in [6, 6.07) is 10.1. The molecule has 1 unspecified atom stereocenters. The minimum Gasteiger partial charge on any atom is -0.352 e. The molecule has 8 nitrogen and oxygen atoms in total. The van der Waals surface area contributed by atoms with Gasteiger partial charge >= 0.3 is 0 Å². The minimum atomic E-state index is -0.0452. The highest BCUT2D eigenvalue weighted by atomic mass is 16.2. The summed E-state index contributed by atoms with van der Waals surface area (Å²) < 4.78 is 1.89. The summed E-state index contributed by atoms with van der Waals surface area (Å²) in [5.74, 6) is 1.18. The lowest BCUT2D eigenvalue weighted by atomic mass is 10.1. The van der Waals surface area contributed by atoms with Crippen molar-refractivity contribution in [3.05, 3.63) is 48.3 Å². The molecule has 1 N–H and O–H groups in total. The van der Waals surface area contributed by atoms with E-state index >= 15 is 0 Å². The Bertz CT molecular complexity index is 881. The summed E-state index contributed by atoms with van der Waals surface area (Å²) in [4.78, 5) is 23.8. The van der Waals surface area contributed by atoms with Crippen LogP contribution in [0.25, 0.3) is 5.69 Å². The van der Waals surface area contributed by atoms with Crippen molar-refractivity contribution in [2.75, 3.05) is 46.3 Å². The van der Waals surface area contributed by atoms with Gasteiger partial charge in [-0.3, -0.25) is 14.7 Å². The third-order valence-electron chi connectivity index (χ3n) is 6.33. The first kappa shape index (κ1) is 21.4. The van der Waals surface area contributed by atoms with E-state index in [0.29, 0.717) is 6.54 Å². The highest BCUT2D eigenvalue weighted by Crippen LogP contribution is 2.15. The first-order chi connectivity index (χ1) is 15.2. The molecule has 31 heavy (non-hydrogen) atoms. The van der Waals surface area contributed by atoms with Crippen molar-refractivity contribution in [2.45, 2.75) is 32.4 Å².